The predicted molar refractivity (Wildman–Crippen MR) is 73.5 cm³/mol. The van der Waals surface area contributed by atoms with Crippen LogP contribution in [-0.2, 0) is 6.42 Å². The van der Waals surface area contributed by atoms with Crippen LogP contribution in [0.5, 0.6) is 0 Å². The van der Waals surface area contributed by atoms with Gasteiger partial charge in [0.05, 0.1) is 0 Å². The molecule has 0 bridgehead atoms. The summed E-state index contributed by atoms with van der Waals surface area (Å²) in [6.07, 6.45) is 3.66. The van der Waals surface area contributed by atoms with E-state index in [1.165, 1.54) is 29.9 Å². The van der Waals surface area contributed by atoms with Crippen molar-refractivity contribution in [2.24, 2.45) is 0 Å². The van der Waals surface area contributed by atoms with Crippen LogP contribution in [0, 0.1) is 0 Å². The molecule has 1 heterocycles. The van der Waals surface area contributed by atoms with E-state index in [-0.39, 0.29) is 0 Å². The van der Waals surface area contributed by atoms with Crippen LogP contribution >= 0.6 is 23.4 Å². The van der Waals surface area contributed by atoms with Crippen molar-refractivity contribution in [1.29, 1.82) is 0 Å². The van der Waals surface area contributed by atoms with Crippen LogP contribution in [0.25, 0.3) is 0 Å². The zero-order valence-electron chi connectivity index (χ0n) is 9.42. The molecule has 1 aromatic carbocycles. The van der Waals surface area contributed by atoms with Gasteiger partial charge in [-0.3, -0.25) is 0 Å². The van der Waals surface area contributed by atoms with Gasteiger partial charge in [-0.2, -0.15) is 11.8 Å². The van der Waals surface area contributed by atoms with E-state index >= 15 is 0 Å². The third kappa shape index (κ3) is 3.69. The van der Waals surface area contributed by atoms with E-state index in [1.54, 1.807) is 0 Å². The van der Waals surface area contributed by atoms with Crippen molar-refractivity contribution in [3.63, 3.8) is 0 Å². The molecule has 88 valence electrons. The van der Waals surface area contributed by atoms with Gasteiger partial charge < -0.3 is 5.32 Å². The molecule has 0 aromatic heterocycles. The van der Waals surface area contributed by atoms with Gasteiger partial charge in [0.15, 0.2) is 0 Å². The van der Waals surface area contributed by atoms with E-state index in [4.69, 9.17) is 11.6 Å². The highest BCUT2D eigenvalue weighted by atomic mass is 35.5. The first-order valence-corrected chi connectivity index (χ1v) is 7.44. The van der Waals surface area contributed by atoms with E-state index < -0.39 is 0 Å². The smallest absolute Gasteiger partial charge is 0.0438 e. The molecule has 1 aliphatic heterocycles. The minimum absolute atomic E-state index is 0.726. The van der Waals surface area contributed by atoms with E-state index in [9.17, 15) is 0 Å². The number of hydrogen-bond acceptors (Lipinski definition) is 2. The third-order valence-corrected chi connectivity index (χ3v) is 4.42. The average molecular weight is 256 g/mol. The highest BCUT2D eigenvalue weighted by Gasteiger charge is 2.12. The van der Waals surface area contributed by atoms with Gasteiger partial charge in [-0.05, 0) is 48.9 Å². The first-order chi connectivity index (χ1) is 7.86. The number of thioether (sulfide) groups is 1. The van der Waals surface area contributed by atoms with Crippen molar-refractivity contribution >= 4 is 23.4 Å². The average Bonchev–Trinajstić information content (AvgIpc) is 2.33. The van der Waals surface area contributed by atoms with Gasteiger partial charge in [0.1, 0.15) is 0 Å². The summed E-state index contributed by atoms with van der Waals surface area (Å²) in [5.41, 5.74) is 1.25. The van der Waals surface area contributed by atoms with E-state index in [1.807, 2.05) is 12.1 Å². The molecule has 0 spiro atoms. The van der Waals surface area contributed by atoms with Gasteiger partial charge in [0.25, 0.3) is 0 Å². The summed E-state index contributed by atoms with van der Waals surface area (Å²) in [4.78, 5) is 0. The highest BCUT2D eigenvalue weighted by Crippen LogP contribution is 2.18. The molecule has 0 saturated carbocycles. The van der Waals surface area contributed by atoms with Crippen molar-refractivity contribution in [2.75, 3.05) is 18.1 Å². The second kappa shape index (κ2) is 6.53. The molecule has 0 aliphatic carbocycles. The van der Waals surface area contributed by atoms with Crippen LogP contribution in [0.4, 0.5) is 0 Å². The lowest BCUT2D eigenvalue weighted by Crippen LogP contribution is -2.33. The fraction of sp³-hybridized carbons (Fsp3) is 0.538. The molecule has 1 saturated heterocycles. The van der Waals surface area contributed by atoms with Crippen molar-refractivity contribution in [3.8, 4) is 0 Å². The van der Waals surface area contributed by atoms with Crippen molar-refractivity contribution in [2.45, 2.75) is 25.3 Å². The van der Waals surface area contributed by atoms with Gasteiger partial charge in [0, 0.05) is 11.1 Å². The fourth-order valence-electron chi connectivity index (χ4n) is 2.01. The van der Waals surface area contributed by atoms with Crippen molar-refractivity contribution in [3.05, 3.63) is 34.9 Å². The summed E-state index contributed by atoms with van der Waals surface area (Å²) in [5, 5.41) is 4.52. The van der Waals surface area contributed by atoms with Crippen LogP contribution < -0.4 is 5.32 Å². The monoisotopic (exact) mass is 255 g/mol. The summed E-state index contributed by atoms with van der Waals surface area (Å²) < 4.78 is 0. The Bertz CT molecular complexity index is 323. The molecule has 0 amide bonds. The fourth-order valence-corrected chi connectivity index (χ4v) is 3.35. The van der Waals surface area contributed by atoms with Gasteiger partial charge in [-0.1, -0.05) is 29.8 Å². The minimum Gasteiger partial charge on any atom is -0.314 e. The quantitative estimate of drug-likeness (QED) is 0.886. The normalized spacial score (nSPS) is 17.6. The zero-order valence-corrected chi connectivity index (χ0v) is 11.0. The maximum absolute atomic E-state index is 6.11. The zero-order chi connectivity index (χ0) is 11.2. The first-order valence-electron chi connectivity index (χ1n) is 5.91. The largest absolute Gasteiger partial charge is 0.314 e. The Labute approximate surface area is 107 Å². The van der Waals surface area contributed by atoms with E-state index in [0.717, 1.165) is 24.0 Å². The van der Waals surface area contributed by atoms with E-state index in [2.05, 4.69) is 29.2 Å². The lowest BCUT2D eigenvalue weighted by atomic mass is 10.1. The molecular weight excluding hydrogens is 238 g/mol. The molecule has 2 rings (SSSR count). The van der Waals surface area contributed by atoms with Crippen LogP contribution in [0.15, 0.2) is 24.3 Å². The van der Waals surface area contributed by atoms with Crippen molar-refractivity contribution < 1.29 is 0 Å². The molecule has 1 aliphatic rings. The van der Waals surface area contributed by atoms with Crippen LogP contribution in [0.2, 0.25) is 5.02 Å². The van der Waals surface area contributed by atoms with Gasteiger partial charge in [-0.25, -0.2) is 0 Å². The van der Waals surface area contributed by atoms with Gasteiger partial charge >= 0.3 is 0 Å². The van der Waals surface area contributed by atoms with Gasteiger partial charge in [0.2, 0.25) is 0 Å². The van der Waals surface area contributed by atoms with E-state index in [0.29, 0.717) is 0 Å². The first kappa shape index (κ1) is 12.3. The summed E-state index contributed by atoms with van der Waals surface area (Å²) in [6, 6.07) is 8.84. The molecule has 1 fully saturated rings. The number of benzene rings is 1. The number of rotatable bonds is 4. The maximum Gasteiger partial charge on any atom is 0.0438 e. The van der Waals surface area contributed by atoms with Crippen LogP contribution in [0.1, 0.15) is 18.4 Å². The molecule has 0 atom stereocenters. The second-order valence-electron chi connectivity index (χ2n) is 4.18. The summed E-state index contributed by atoms with van der Waals surface area (Å²) >= 11 is 8.18. The lowest BCUT2D eigenvalue weighted by molar-refractivity contribution is 0.486. The summed E-state index contributed by atoms with van der Waals surface area (Å²) in [5.74, 6) is 2.62. The maximum atomic E-state index is 6.11. The lowest BCUT2D eigenvalue weighted by Gasteiger charge is -2.22. The number of nitrogens with one attached hydrogen (secondary N) is 1. The van der Waals surface area contributed by atoms with Crippen LogP contribution in [0.3, 0.4) is 0 Å². The standard InChI is InChI=1S/C13H18ClNS/c14-13-4-2-1-3-11(13)5-8-15-12-6-9-16-10-7-12/h1-4,12,15H,5-10H2. The summed E-state index contributed by atoms with van der Waals surface area (Å²) in [6.45, 7) is 1.04. The van der Waals surface area contributed by atoms with Crippen molar-refractivity contribution in [1.82, 2.24) is 5.32 Å². The number of hydrogen-bond donors (Lipinski definition) is 1. The third-order valence-electron chi connectivity index (χ3n) is 3.01. The molecule has 1 aromatic rings. The van der Waals surface area contributed by atoms with Gasteiger partial charge in [-0.15, -0.1) is 0 Å². The molecule has 1 nitrogen and oxygen atoms in total. The number of halogens is 1. The highest BCUT2D eigenvalue weighted by molar-refractivity contribution is 7.99. The molecule has 16 heavy (non-hydrogen) atoms. The second-order valence-corrected chi connectivity index (χ2v) is 5.81. The molecule has 0 radical (unpaired) electrons. The Morgan fingerprint density at radius 2 is 2.00 bits per heavy atom. The Balaban J connectivity index is 1.73. The predicted octanol–water partition coefficient (Wildman–Crippen LogP) is 3.37. The Hall–Kier alpha value is -0.180. The van der Waals surface area contributed by atoms with Crippen LogP contribution in [-0.4, -0.2) is 24.1 Å². The Kier molecular flexibility index (Phi) is 5.01. The molecule has 3 heteroatoms. The Morgan fingerprint density at radius 3 is 2.75 bits per heavy atom. The topological polar surface area (TPSA) is 12.0 Å². The minimum atomic E-state index is 0.726. The SMILES string of the molecule is Clc1ccccc1CCNC1CCSCC1. The summed E-state index contributed by atoms with van der Waals surface area (Å²) in [7, 11) is 0. The molecular formula is C13H18ClNS. The Morgan fingerprint density at radius 1 is 1.25 bits per heavy atom. The molecule has 0 unspecified atom stereocenters. The molecule has 1 N–H and O–H groups in total.